The van der Waals surface area contributed by atoms with E-state index in [1.54, 1.807) is 36.4 Å². The Morgan fingerprint density at radius 2 is 0.524 bits per heavy atom. The van der Waals surface area contributed by atoms with Crippen LogP contribution in [0.1, 0.15) is 89.8 Å². The third kappa shape index (κ3) is 20.1. The molecule has 10 rings (SSSR count). The molecule has 31 nitrogen and oxygen atoms in total. The summed E-state index contributed by atoms with van der Waals surface area (Å²) in [7, 11) is 0. The summed E-state index contributed by atoms with van der Waals surface area (Å²) < 4.78 is 102. The van der Waals surface area contributed by atoms with Crippen LogP contribution in [0.3, 0.4) is 0 Å². The van der Waals surface area contributed by atoms with Crippen LogP contribution in [-0.2, 0) is 99.7 Å². The molecule has 0 unspecified atom stereocenters. The minimum absolute atomic E-state index is 0.000325. The first-order valence-corrected chi connectivity index (χ1v) is 32.9. The molecule has 0 saturated carbocycles. The molecule has 4 fully saturated rings. The molecule has 6 aromatic carbocycles. The summed E-state index contributed by atoms with van der Waals surface area (Å²) in [5, 5.41) is 46.8. The lowest BCUT2D eigenvalue weighted by atomic mass is 9.96. The monoisotopic (exact) mass is 1460 g/mol. The van der Waals surface area contributed by atoms with Crippen LogP contribution in [0.15, 0.2) is 182 Å². The van der Waals surface area contributed by atoms with Crippen molar-refractivity contribution in [2.45, 2.75) is 151 Å². The second kappa shape index (κ2) is 36.3. The first-order chi connectivity index (χ1) is 50.5. The van der Waals surface area contributed by atoms with Crippen LogP contribution in [0.2, 0.25) is 0 Å². The molecule has 4 saturated heterocycles. The maximum absolute atomic E-state index is 14.6. The molecular formula is C74H74O31. The maximum atomic E-state index is 14.6. The highest BCUT2D eigenvalue weighted by Gasteiger charge is 2.58. The average molecular weight is 1460 g/mol. The van der Waals surface area contributed by atoms with Crippen molar-refractivity contribution in [3.63, 3.8) is 0 Å². The molecule has 0 radical (unpaired) electrons. The van der Waals surface area contributed by atoms with Gasteiger partial charge in [-0.3, -0.25) is 19.2 Å². The molecule has 0 bridgehead atoms. The topological polar surface area (TPSA) is 409 Å². The zero-order valence-electron chi connectivity index (χ0n) is 56.5. The van der Waals surface area contributed by atoms with Gasteiger partial charge in [-0.1, -0.05) is 109 Å². The SMILES string of the molecule is CC(=O)OC[C@H]1O[C@@H](OC[C@H]2O[C@@H](OC[C@H]3O[C@@H](OC[C@H]4O[C@H](O)[C@H](OC(=O)c5ccccc5)[C@@H](OC(=O)c5ccccc5)[C@@H]4OC(=O)c4ccccc4)[C@H](O)[C@@H](O)[C@@H]3O)[C@H](OC(=O)c3ccccc3)[C@@H](OC(=O)c3ccccc3)[C@@H]2OC(=O)c2ccccc2)[C@H](OC(C)=O)[C@@H](OC(C)=O)[C@@H]1OC(C)=O. The highest BCUT2D eigenvalue weighted by molar-refractivity contribution is 5.93. The minimum Gasteiger partial charge on any atom is -0.463 e. The number of aliphatic hydroxyl groups excluding tert-OH is 4. The number of esters is 10. The average Bonchev–Trinajstić information content (AvgIpc) is 0.780. The molecule has 4 N–H and O–H groups in total. The van der Waals surface area contributed by atoms with Gasteiger partial charge in [0, 0.05) is 27.7 Å². The van der Waals surface area contributed by atoms with E-state index >= 15 is 0 Å². The Kier molecular flexibility index (Phi) is 26.7. The van der Waals surface area contributed by atoms with Crippen molar-refractivity contribution in [1.29, 1.82) is 0 Å². The highest BCUT2D eigenvalue weighted by Crippen LogP contribution is 2.37. The Balaban J connectivity index is 0.994. The van der Waals surface area contributed by atoms with Crippen molar-refractivity contribution in [2.24, 2.45) is 0 Å². The molecule has 0 spiro atoms. The Morgan fingerprint density at radius 3 is 0.895 bits per heavy atom. The van der Waals surface area contributed by atoms with Gasteiger partial charge in [0.2, 0.25) is 0 Å². The number of carbonyl (C=O) groups excluding carboxylic acids is 10. The molecule has 556 valence electrons. The molecule has 20 atom stereocenters. The normalized spacial score (nSPS) is 28.5. The molecule has 6 aromatic rings. The van der Waals surface area contributed by atoms with E-state index in [9.17, 15) is 68.4 Å². The maximum Gasteiger partial charge on any atom is 0.338 e. The highest BCUT2D eigenvalue weighted by atomic mass is 16.8. The van der Waals surface area contributed by atoms with Crippen molar-refractivity contribution in [3.8, 4) is 0 Å². The molecule has 4 aliphatic heterocycles. The predicted octanol–water partition coefficient (Wildman–Crippen LogP) is 3.72. The third-order valence-corrected chi connectivity index (χ3v) is 16.6. The van der Waals surface area contributed by atoms with E-state index in [1.807, 2.05) is 0 Å². The number of ether oxygens (including phenoxy) is 17. The van der Waals surface area contributed by atoms with Gasteiger partial charge in [-0.2, -0.15) is 0 Å². The Morgan fingerprint density at radius 1 is 0.267 bits per heavy atom. The van der Waals surface area contributed by atoms with E-state index in [4.69, 9.17) is 80.5 Å². The fourth-order valence-electron chi connectivity index (χ4n) is 11.7. The quantitative estimate of drug-likeness (QED) is 0.0444. The molecule has 0 amide bonds. The van der Waals surface area contributed by atoms with Gasteiger partial charge in [0.05, 0.1) is 53.2 Å². The van der Waals surface area contributed by atoms with Crippen LogP contribution in [0, 0.1) is 0 Å². The van der Waals surface area contributed by atoms with Gasteiger partial charge in [-0.15, -0.1) is 0 Å². The lowest BCUT2D eigenvalue weighted by molar-refractivity contribution is -0.345. The number of hydrogen-bond donors (Lipinski definition) is 4. The lowest BCUT2D eigenvalue weighted by Gasteiger charge is -2.47. The summed E-state index contributed by atoms with van der Waals surface area (Å²) >= 11 is 0. The first kappa shape index (κ1) is 77.2. The molecule has 31 heteroatoms. The van der Waals surface area contributed by atoms with Gasteiger partial charge in [0.25, 0.3) is 0 Å². The Hall–Kier alpha value is -10.4. The molecule has 0 aliphatic carbocycles. The van der Waals surface area contributed by atoms with Gasteiger partial charge in [0.15, 0.2) is 80.1 Å². The second-order valence-corrected chi connectivity index (χ2v) is 24.1. The van der Waals surface area contributed by atoms with E-state index in [2.05, 4.69) is 0 Å². The molecule has 0 aromatic heterocycles. The van der Waals surface area contributed by atoms with Crippen LogP contribution in [-0.4, -0.2) is 229 Å². The zero-order chi connectivity index (χ0) is 74.8. The minimum atomic E-state index is -2.19. The van der Waals surface area contributed by atoms with Crippen LogP contribution in [0.4, 0.5) is 0 Å². The third-order valence-electron chi connectivity index (χ3n) is 16.6. The van der Waals surface area contributed by atoms with Gasteiger partial charge >= 0.3 is 59.7 Å². The standard InChI is InChI=1S/C74H74O31/c1-39(75)89-36-51-56(93-40(2)76)60(94-41(3)77)63(95-42(4)78)73(98-51)92-38-52-58(101-66(83)44-25-13-6-14-26-44)61(103-68(85)46-29-17-8-18-30-46)64(105-70(87)48-33-21-10-22-34-48)74(99-52)91-35-49-53(79)54(80)55(81)72(97-49)90-37-50-57(100-65(82)43-23-11-5-12-24-43)59(102-67(84)45-27-15-7-16-28-45)62(71(88)96-50)104-69(86)47-31-19-9-20-32-47/h5-34,49-64,71-74,79-81,88H,35-38H2,1-4H3/t49-,50-,51-,52-,53-,54+,55-,56-,57-,58-,59+,60+,61+,62-,63-,64-,71+,72-,73-,74-/m1/s1. The molecule has 4 heterocycles. The number of hydrogen-bond acceptors (Lipinski definition) is 31. The molecule has 4 aliphatic rings. The Labute approximate surface area is 598 Å². The van der Waals surface area contributed by atoms with Crippen molar-refractivity contribution in [3.05, 3.63) is 215 Å². The van der Waals surface area contributed by atoms with Crippen LogP contribution in [0.5, 0.6) is 0 Å². The van der Waals surface area contributed by atoms with Gasteiger partial charge in [0.1, 0.15) is 49.3 Å². The number of carbonyl (C=O) groups is 10. The van der Waals surface area contributed by atoms with Crippen molar-refractivity contribution in [2.75, 3.05) is 26.4 Å². The van der Waals surface area contributed by atoms with Crippen LogP contribution >= 0.6 is 0 Å². The van der Waals surface area contributed by atoms with E-state index in [1.165, 1.54) is 146 Å². The largest absolute Gasteiger partial charge is 0.463 e. The summed E-state index contributed by atoms with van der Waals surface area (Å²) in [5.41, 5.74) is -0.292. The second-order valence-electron chi connectivity index (χ2n) is 24.1. The number of rotatable bonds is 26. The van der Waals surface area contributed by atoms with Crippen molar-refractivity contribution < 1.29 is 149 Å². The van der Waals surface area contributed by atoms with E-state index in [0.29, 0.717) is 0 Å². The summed E-state index contributed by atoms with van der Waals surface area (Å²) in [5.74, 6) is -10.2. The van der Waals surface area contributed by atoms with Crippen molar-refractivity contribution >= 4 is 59.7 Å². The summed E-state index contributed by atoms with van der Waals surface area (Å²) in [4.78, 5) is 136. The summed E-state index contributed by atoms with van der Waals surface area (Å²) in [6, 6.07) is 44.5. The van der Waals surface area contributed by atoms with Crippen LogP contribution in [0.25, 0.3) is 0 Å². The molecular weight excluding hydrogens is 1380 g/mol. The predicted molar refractivity (Wildman–Crippen MR) is 350 cm³/mol. The Bertz CT molecular complexity index is 3930. The first-order valence-electron chi connectivity index (χ1n) is 32.9. The van der Waals surface area contributed by atoms with E-state index in [0.717, 1.165) is 27.7 Å². The number of aliphatic hydroxyl groups is 4. The van der Waals surface area contributed by atoms with Crippen LogP contribution < -0.4 is 0 Å². The van der Waals surface area contributed by atoms with Gasteiger partial charge < -0.3 is 101 Å². The zero-order valence-corrected chi connectivity index (χ0v) is 56.5. The van der Waals surface area contributed by atoms with Crippen molar-refractivity contribution in [1.82, 2.24) is 0 Å². The van der Waals surface area contributed by atoms with Gasteiger partial charge in [-0.05, 0) is 72.8 Å². The fraction of sp³-hybridized carbons (Fsp3) is 0.378. The lowest BCUT2D eigenvalue weighted by Crippen LogP contribution is -2.65. The molecule has 105 heavy (non-hydrogen) atoms. The van der Waals surface area contributed by atoms with Gasteiger partial charge in [-0.25, -0.2) is 28.8 Å². The fourth-order valence-corrected chi connectivity index (χ4v) is 11.7. The summed E-state index contributed by atoms with van der Waals surface area (Å²) in [6.45, 7) is 0.537. The summed E-state index contributed by atoms with van der Waals surface area (Å²) in [6.07, 6.45) is -38.8. The van der Waals surface area contributed by atoms with E-state index < -0.39 is 209 Å². The smallest absolute Gasteiger partial charge is 0.338 e. The number of benzene rings is 6. The van der Waals surface area contributed by atoms with E-state index in [-0.39, 0.29) is 33.4 Å².